The topological polar surface area (TPSA) is 15.3 Å². The smallest absolute Gasteiger partial charge is 0.0241 e. The van der Waals surface area contributed by atoms with Gasteiger partial charge >= 0.3 is 0 Å². The molecule has 2 unspecified atom stereocenters. The van der Waals surface area contributed by atoms with Crippen LogP contribution in [0.25, 0.3) is 0 Å². The van der Waals surface area contributed by atoms with Crippen molar-refractivity contribution in [3.63, 3.8) is 0 Å². The third-order valence-electron chi connectivity index (χ3n) is 3.42. The minimum absolute atomic E-state index is 0.610. The molecule has 2 atom stereocenters. The maximum Gasteiger partial charge on any atom is 0.0241 e. The van der Waals surface area contributed by atoms with Crippen LogP contribution in [0.4, 0.5) is 0 Å². The maximum atomic E-state index is 3.50. The Morgan fingerprint density at radius 2 is 2.18 bits per heavy atom. The molecule has 1 rings (SSSR count). The lowest BCUT2D eigenvalue weighted by Gasteiger charge is -2.29. The Kier molecular flexibility index (Phi) is 6.78. The van der Waals surface area contributed by atoms with Crippen molar-refractivity contribution in [3.8, 4) is 0 Å². The van der Waals surface area contributed by atoms with Crippen molar-refractivity contribution in [1.29, 1.82) is 0 Å². The molecule has 0 saturated carbocycles. The van der Waals surface area contributed by atoms with Gasteiger partial charge in [-0.2, -0.15) is 11.3 Å². The Hall–Kier alpha value is -0.380. The molecule has 98 valence electrons. The Labute approximate surface area is 110 Å². The summed E-state index contributed by atoms with van der Waals surface area (Å²) in [5, 5.41) is 7.90. The first-order chi connectivity index (χ1) is 8.15. The molecule has 0 aliphatic carbocycles. The molecule has 0 amide bonds. The van der Waals surface area contributed by atoms with Crippen LogP contribution < -0.4 is 5.32 Å². The highest BCUT2D eigenvalue weighted by molar-refractivity contribution is 7.07. The average Bonchev–Trinajstić information content (AvgIpc) is 2.81. The van der Waals surface area contributed by atoms with Crippen LogP contribution in [0.3, 0.4) is 0 Å². The van der Waals surface area contributed by atoms with Gasteiger partial charge in [0.15, 0.2) is 0 Å². The average molecular weight is 254 g/mol. The summed E-state index contributed by atoms with van der Waals surface area (Å²) >= 11 is 1.78. The molecule has 0 aliphatic rings. The van der Waals surface area contributed by atoms with Crippen molar-refractivity contribution in [2.75, 3.05) is 20.1 Å². The van der Waals surface area contributed by atoms with Crippen molar-refractivity contribution in [1.82, 2.24) is 10.2 Å². The summed E-state index contributed by atoms with van der Waals surface area (Å²) in [6, 6.07) is 2.83. The van der Waals surface area contributed by atoms with Gasteiger partial charge in [-0.25, -0.2) is 0 Å². The molecule has 2 nitrogen and oxygen atoms in total. The third kappa shape index (κ3) is 5.19. The van der Waals surface area contributed by atoms with Crippen molar-refractivity contribution in [2.24, 2.45) is 5.92 Å². The van der Waals surface area contributed by atoms with Gasteiger partial charge in [-0.15, -0.1) is 0 Å². The number of nitrogens with one attached hydrogen (secondary N) is 1. The van der Waals surface area contributed by atoms with E-state index in [1.807, 2.05) is 0 Å². The van der Waals surface area contributed by atoms with Gasteiger partial charge in [0.05, 0.1) is 0 Å². The van der Waals surface area contributed by atoms with E-state index in [0.717, 1.165) is 19.6 Å². The second kappa shape index (κ2) is 7.85. The van der Waals surface area contributed by atoms with Crippen molar-refractivity contribution < 1.29 is 0 Å². The molecular weight excluding hydrogens is 228 g/mol. The largest absolute Gasteiger partial charge is 0.316 e. The summed E-state index contributed by atoms with van der Waals surface area (Å²) in [6.07, 6.45) is 1.21. The van der Waals surface area contributed by atoms with Gasteiger partial charge in [0, 0.05) is 12.6 Å². The van der Waals surface area contributed by atoms with Gasteiger partial charge in [-0.05, 0) is 61.8 Å². The number of nitrogens with zero attached hydrogens (tertiary/aromatic N) is 1. The molecule has 17 heavy (non-hydrogen) atoms. The van der Waals surface area contributed by atoms with E-state index in [4.69, 9.17) is 0 Å². The molecule has 3 heteroatoms. The second-order valence-corrected chi connectivity index (χ2v) is 5.75. The van der Waals surface area contributed by atoms with E-state index in [0.29, 0.717) is 12.0 Å². The standard InChI is InChI=1S/C14H26N2S/c1-5-7-15-9-12(2)13(3)16(4)10-14-6-8-17-11-14/h6,8,11-13,15H,5,7,9-10H2,1-4H3. The van der Waals surface area contributed by atoms with Crippen LogP contribution in [0.2, 0.25) is 0 Å². The van der Waals surface area contributed by atoms with Crippen LogP contribution >= 0.6 is 11.3 Å². The first kappa shape index (κ1) is 14.7. The zero-order valence-electron chi connectivity index (χ0n) is 11.6. The molecule has 0 saturated heterocycles. The van der Waals surface area contributed by atoms with E-state index >= 15 is 0 Å². The number of thiophene rings is 1. The molecule has 1 heterocycles. The molecular formula is C14H26N2S. The van der Waals surface area contributed by atoms with E-state index in [1.165, 1.54) is 12.0 Å². The van der Waals surface area contributed by atoms with Crippen molar-refractivity contribution in [3.05, 3.63) is 22.4 Å². The van der Waals surface area contributed by atoms with Gasteiger partial charge < -0.3 is 5.32 Å². The number of hydrogen-bond acceptors (Lipinski definition) is 3. The summed E-state index contributed by atoms with van der Waals surface area (Å²) < 4.78 is 0. The predicted molar refractivity (Wildman–Crippen MR) is 77.6 cm³/mol. The van der Waals surface area contributed by atoms with Crippen LogP contribution in [0, 0.1) is 5.92 Å². The zero-order chi connectivity index (χ0) is 12.7. The summed E-state index contributed by atoms with van der Waals surface area (Å²) in [5.74, 6) is 0.685. The molecule has 0 radical (unpaired) electrons. The fourth-order valence-electron chi connectivity index (χ4n) is 1.93. The predicted octanol–water partition coefficient (Wildman–Crippen LogP) is 3.20. The third-order valence-corrected chi connectivity index (χ3v) is 4.16. The van der Waals surface area contributed by atoms with E-state index in [9.17, 15) is 0 Å². The Bertz CT molecular complexity index is 284. The van der Waals surface area contributed by atoms with Crippen LogP contribution in [-0.2, 0) is 6.54 Å². The molecule has 0 spiro atoms. The quantitative estimate of drug-likeness (QED) is 0.717. The number of rotatable bonds is 8. The van der Waals surface area contributed by atoms with Gasteiger partial charge in [0.25, 0.3) is 0 Å². The lowest BCUT2D eigenvalue weighted by Crippen LogP contribution is -2.38. The van der Waals surface area contributed by atoms with Crippen molar-refractivity contribution in [2.45, 2.75) is 39.8 Å². The normalized spacial score (nSPS) is 15.1. The van der Waals surface area contributed by atoms with Crippen LogP contribution in [0.5, 0.6) is 0 Å². The van der Waals surface area contributed by atoms with Crippen LogP contribution in [0.1, 0.15) is 32.8 Å². The highest BCUT2D eigenvalue weighted by Crippen LogP contribution is 2.14. The van der Waals surface area contributed by atoms with Gasteiger partial charge in [-0.3, -0.25) is 4.90 Å². The molecule has 1 aromatic rings. The van der Waals surface area contributed by atoms with E-state index in [1.54, 1.807) is 11.3 Å². The molecule has 1 N–H and O–H groups in total. The molecule has 0 aliphatic heterocycles. The Morgan fingerprint density at radius 3 is 2.76 bits per heavy atom. The first-order valence-electron chi connectivity index (χ1n) is 6.57. The zero-order valence-corrected chi connectivity index (χ0v) is 12.4. The SMILES string of the molecule is CCCNCC(C)C(C)N(C)Cc1ccsc1. The number of hydrogen-bond donors (Lipinski definition) is 1. The van der Waals surface area contributed by atoms with Crippen molar-refractivity contribution >= 4 is 11.3 Å². The molecule has 0 fully saturated rings. The fourth-order valence-corrected chi connectivity index (χ4v) is 2.59. The fraction of sp³-hybridized carbons (Fsp3) is 0.714. The summed E-state index contributed by atoms with van der Waals surface area (Å²) in [7, 11) is 2.22. The summed E-state index contributed by atoms with van der Waals surface area (Å²) in [6.45, 7) is 10.2. The highest BCUT2D eigenvalue weighted by atomic mass is 32.1. The van der Waals surface area contributed by atoms with Gasteiger partial charge in [0.1, 0.15) is 0 Å². The second-order valence-electron chi connectivity index (χ2n) is 4.97. The molecule has 0 aromatic carbocycles. The minimum atomic E-state index is 0.610. The molecule has 0 bridgehead atoms. The van der Waals surface area contributed by atoms with Crippen LogP contribution in [-0.4, -0.2) is 31.1 Å². The van der Waals surface area contributed by atoms with E-state index in [-0.39, 0.29) is 0 Å². The van der Waals surface area contributed by atoms with Gasteiger partial charge in [-0.1, -0.05) is 13.8 Å². The highest BCUT2D eigenvalue weighted by Gasteiger charge is 2.16. The van der Waals surface area contributed by atoms with E-state index < -0.39 is 0 Å². The first-order valence-corrected chi connectivity index (χ1v) is 7.51. The lowest BCUT2D eigenvalue weighted by molar-refractivity contribution is 0.189. The Balaban J connectivity index is 2.32. The molecule has 1 aromatic heterocycles. The lowest BCUT2D eigenvalue weighted by atomic mass is 10.0. The van der Waals surface area contributed by atoms with E-state index in [2.05, 4.69) is 54.9 Å². The van der Waals surface area contributed by atoms with Crippen LogP contribution in [0.15, 0.2) is 16.8 Å². The monoisotopic (exact) mass is 254 g/mol. The Morgan fingerprint density at radius 1 is 1.41 bits per heavy atom. The minimum Gasteiger partial charge on any atom is -0.316 e. The summed E-state index contributed by atoms with van der Waals surface area (Å²) in [5.41, 5.74) is 1.43. The van der Waals surface area contributed by atoms with Gasteiger partial charge in [0.2, 0.25) is 0 Å². The summed E-state index contributed by atoms with van der Waals surface area (Å²) in [4.78, 5) is 2.44. The maximum absolute atomic E-state index is 3.50.